The molecule has 2 fully saturated rings. The van der Waals surface area contributed by atoms with Gasteiger partial charge in [-0.3, -0.25) is 9.59 Å². The summed E-state index contributed by atoms with van der Waals surface area (Å²) in [5.74, 6) is -1.28. The van der Waals surface area contributed by atoms with Gasteiger partial charge in [-0.25, -0.2) is 0 Å². The lowest BCUT2D eigenvalue weighted by Crippen LogP contribution is -2.41. The number of carbonyl (C=O) groups is 2. The van der Waals surface area contributed by atoms with Crippen LogP contribution in [0.3, 0.4) is 0 Å². The van der Waals surface area contributed by atoms with Gasteiger partial charge in [0.1, 0.15) is 0 Å². The Hall–Kier alpha value is -1.32. The maximum atomic E-state index is 12.4. The first-order chi connectivity index (χ1) is 8.18. The molecule has 0 aromatic carbocycles. The van der Waals surface area contributed by atoms with Crippen molar-refractivity contribution in [2.75, 3.05) is 13.1 Å². The zero-order valence-electron chi connectivity index (χ0n) is 9.71. The normalized spacial score (nSPS) is 38.9. The molecule has 4 heteroatoms. The Morgan fingerprint density at radius 3 is 2.24 bits per heavy atom. The summed E-state index contributed by atoms with van der Waals surface area (Å²) in [6.07, 6.45) is 6.99. The predicted octanol–water partition coefficient (Wildman–Crippen LogP) is 1.13. The van der Waals surface area contributed by atoms with Crippen LogP contribution in [0.5, 0.6) is 0 Å². The molecular formula is C13H17NO3. The Labute approximate surface area is 100 Å². The van der Waals surface area contributed by atoms with Gasteiger partial charge in [0, 0.05) is 13.1 Å². The van der Waals surface area contributed by atoms with E-state index in [1.54, 1.807) is 0 Å². The second-order valence-electron chi connectivity index (χ2n) is 5.37. The Kier molecular flexibility index (Phi) is 2.45. The van der Waals surface area contributed by atoms with Crippen LogP contribution in [0.2, 0.25) is 0 Å². The maximum absolute atomic E-state index is 12.4. The fourth-order valence-corrected chi connectivity index (χ4v) is 3.64. The van der Waals surface area contributed by atoms with E-state index in [0.717, 1.165) is 32.4 Å². The largest absolute Gasteiger partial charge is 0.481 e. The number of carboxylic acids is 1. The first-order valence-corrected chi connectivity index (χ1v) is 6.38. The third-order valence-corrected chi connectivity index (χ3v) is 4.45. The highest BCUT2D eigenvalue weighted by molar-refractivity contribution is 5.87. The number of amides is 1. The molecule has 4 unspecified atom stereocenters. The van der Waals surface area contributed by atoms with Crippen LogP contribution in [0.1, 0.15) is 19.3 Å². The van der Waals surface area contributed by atoms with Gasteiger partial charge in [-0.15, -0.1) is 0 Å². The summed E-state index contributed by atoms with van der Waals surface area (Å²) in [6.45, 7) is 1.62. The molecule has 0 spiro atoms. The minimum atomic E-state index is -0.806. The first kappa shape index (κ1) is 10.8. The molecule has 3 aliphatic rings. The van der Waals surface area contributed by atoms with Crippen molar-refractivity contribution in [2.45, 2.75) is 19.3 Å². The number of rotatable bonds is 2. The molecule has 1 aliphatic heterocycles. The molecule has 92 valence electrons. The molecular weight excluding hydrogens is 218 g/mol. The quantitative estimate of drug-likeness (QED) is 0.730. The molecule has 17 heavy (non-hydrogen) atoms. The molecule has 3 rings (SSSR count). The van der Waals surface area contributed by atoms with Crippen LogP contribution >= 0.6 is 0 Å². The summed E-state index contributed by atoms with van der Waals surface area (Å²) >= 11 is 0. The van der Waals surface area contributed by atoms with Gasteiger partial charge < -0.3 is 10.0 Å². The predicted molar refractivity (Wildman–Crippen MR) is 61.2 cm³/mol. The molecule has 2 aliphatic carbocycles. The number of fused-ring (bicyclic) bond motifs is 2. The zero-order chi connectivity index (χ0) is 12.0. The lowest BCUT2D eigenvalue weighted by Gasteiger charge is -2.28. The summed E-state index contributed by atoms with van der Waals surface area (Å²) < 4.78 is 0. The van der Waals surface area contributed by atoms with Gasteiger partial charge in [-0.1, -0.05) is 12.2 Å². The second-order valence-corrected chi connectivity index (χ2v) is 5.37. The summed E-state index contributed by atoms with van der Waals surface area (Å²) in [5.41, 5.74) is 0. The molecule has 1 heterocycles. The van der Waals surface area contributed by atoms with Crippen LogP contribution in [-0.2, 0) is 9.59 Å². The SMILES string of the molecule is O=C(O)C1C2C=CC(C2)C1C(=O)N1CCCC1. The van der Waals surface area contributed by atoms with E-state index in [0.29, 0.717) is 0 Å². The van der Waals surface area contributed by atoms with Crippen LogP contribution in [0.25, 0.3) is 0 Å². The number of carbonyl (C=O) groups excluding carboxylic acids is 1. The summed E-state index contributed by atoms with van der Waals surface area (Å²) in [6, 6.07) is 0. The number of likely N-dealkylation sites (tertiary alicyclic amines) is 1. The number of hydrogen-bond acceptors (Lipinski definition) is 2. The second kappa shape index (κ2) is 3.86. The molecule has 1 amide bonds. The Morgan fingerprint density at radius 2 is 1.65 bits per heavy atom. The van der Waals surface area contributed by atoms with Crippen molar-refractivity contribution < 1.29 is 14.7 Å². The molecule has 1 saturated heterocycles. The highest BCUT2D eigenvalue weighted by Crippen LogP contribution is 2.48. The van der Waals surface area contributed by atoms with Crippen LogP contribution < -0.4 is 0 Å². The van der Waals surface area contributed by atoms with E-state index in [2.05, 4.69) is 0 Å². The van der Waals surface area contributed by atoms with Crippen LogP contribution in [-0.4, -0.2) is 35.0 Å². The minimum Gasteiger partial charge on any atom is -0.481 e. The molecule has 0 aromatic heterocycles. The highest BCUT2D eigenvalue weighted by Gasteiger charge is 2.52. The van der Waals surface area contributed by atoms with Gasteiger partial charge in [-0.05, 0) is 31.1 Å². The molecule has 1 saturated carbocycles. The van der Waals surface area contributed by atoms with Crippen LogP contribution in [0.15, 0.2) is 12.2 Å². The number of allylic oxidation sites excluding steroid dienone is 2. The molecule has 2 bridgehead atoms. The highest BCUT2D eigenvalue weighted by atomic mass is 16.4. The number of carboxylic acid groups (broad SMARTS) is 1. The summed E-state index contributed by atoms with van der Waals surface area (Å²) in [4.78, 5) is 25.6. The zero-order valence-corrected chi connectivity index (χ0v) is 9.71. The standard InChI is InChI=1S/C13H17NO3/c15-12(14-5-1-2-6-14)10-8-3-4-9(7-8)11(10)13(16)17/h3-4,8-11H,1-2,5-7H2,(H,16,17). The molecule has 0 radical (unpaired) electrons. The van der Waals surface area contributed by atoms with E-state index in [1.165, 1.54) is 0 Å². The van der Waals surface area contributed by atoms with Crippen molar-refractivity contribution in [2.24, 2.45) is 23.7 Å². The number of hydrogen-bond donors (Lipinski definition) is 1. The molecule has 1 N–H and O–H groups in total. The minimum absolute atomic E-state index is 0.0757. The van der Waals surface area contributed by atoms with Gasteiger partial charge in [-0.2, -0.15) is 0 Å². The topological polar surface area (TPSA) is 57.6 Å². The fourth-order valence-electron chi connectivity index (χ4n) is 3.64. The van der Waals surface area contributed by atoms with E-state index >= 15 is 0 Å². The smallest absolute Gasteiger partial charge is 0.307 e. The van der Waals surface area contributed by atoms with E-state index in [9.17, 15) is 14.7 Å². The molecule has 0 aromatic rings. The Morgan fingerprint density at radius 1 is 1.06 bits per heavy atom. The Balaban J connectivity index is 1.83. The third-order valence-electron chi connectivity index (χ3n) is 4.45. The number of aliphatic carboxylic acids is 1. The lowest BCUT2D eigenvalue weighted by atomic mass is 9.82. The Bertz CT molecular complexity index is 384. The van der Waals surface area contributed by atoms with Crippen molar-refractivity contribution in [3.63, 3.8) is 0 Å². The van der Waals surface area contributed by atoms with Gasteiger partial charge in [0.25, 0.3) is 0 Å². The summed E-state index contributed by atoms with van der Waals surface area (Å²) in [5, 5.41) is 9.29. The van der Waals surface area contributed by atoms with E-state index < -0.39 is 11.9 Å². The molecule has 4 nitrogen and oxygen atoms in total. The monoisotopic (exact) mass is 235 g/mol. The van der Waals surface area contributed by atoms with Crippen LogP contribution in [0, 0.1) is 23.7 Å². The van der Waals surface area contributed by atoms with E-state index in [1.807, 2.05) is 17.1 Å². The van der Waals surface area contributed by atoms with Gasteiger partial charge in [0.15, 0.2) is 0 Å². The number of nitrogens with zero attached hydrogens (tertiary/aromatic N) is 1. The van der Waals surface area contributed by atoms with E-state index in [4.69, 9.17) is 0 Å². The van der Waals surface area contributed by atoms with Crippen molar-refractivity contribution in [3.8, 4) is 0 Å². The summed E-state index contributed by atoms with van der Waals surface area (Å²) in [7, 11) is 0. The fraction of sp³-hybridized carbons (Fsp3) is 0.692. The van der Waals surface area contributed by atoms with Crippen molar-refractivity contribution in [3.05, 3.63) is 12.2 Å². The third kappa shape index (κ3) is 1.58. The van der Waals surface area contributed by atoms with Crippen molar-refractivity contribution in [1.82, 2.24) is 4.90 Å². The van der Waals surface area contributed by atoms with Crippen LogP contribution in [0.4, 0.5) is 0 Å². The lowest BCUT2D eigenvalue weighted by molar-refractivity contribution is -0.150. The van der Waals surface area contributed by atoms with Crippen molar-refractivity contribution >= 4 is 11.9 Å². The van der Waals surface area contributed by atoms with Gasteiger partial charge in [0.2, 0.25) is 5.91 Å². The van der Waals surface area contributed by atoms with Gasteiger partial charge in [0.05, 0.1) is 11.8 Å². The van der Waals surface area contributed by atoms with Gasteiger partial charge >= 0.3 is 5.97 Å². The average molecular weight is 235 g/mol. The maximum Gasteiger partial charge on any atom is 0.307 e. The molecule has 4 atom stereocenters. The first-order valence-electron chi connectivity index (χ1n) is 6.38. The van der Waals surface area contributed by atoms with Crippen molar-refractivity contribution in [1.29, 1.82) is 0 Å². The van der Waals surface area contributed by atoms with E-state index in [-0.39, 0.29) is 23.7 Å². The average Bonchev–Trinajstić information content (AvgIpc) is 3.02.